The van der Waals surface area contributed by atoms with Crippen molar-refractivity contribution in [3.8, 4) is 11.5 Å². The maximum Gasteiger partial charge on any atom is 0.122 e. The maximum absolute atomic E-state index is 9.68. The van der Waals surface area contributed by atoms with Crippen LogP contribution in [0.15, 0.2) is 42.5 Å². The average Bonchev–Trinajstić information content (AvgIpc) is 2.71. The van der Waals surface area contributed by atoms with Crippen molar-refractivity contribution in [2.45, 2.75) is 38.4 Å². The van der Waals surface area contributed by atoms with Crippen LogP contribution in [0.25, 0.3) is 0 Å². The molecule has 0 radical (unpaired) electrons. The standard InChI is InChI=1S/C22H31ClN2O4/c1-15-10-17(6-9-21(15)29-13-18(26)11-23)22(2,3)16-4-7-20(8-5-16)28-14-19(27)12-25-24/h4-10,18-19,25-27H,11-14,24H2,1-3H3. The summed E-state index contributed by atoms with van der Waals surface area (Å²) in [5.41, 5.74) is 5.49. The van der Waals surface area contributed by atoms with Crippen molar-refractivity contribution < 1.29 is 19.7 Å². The Morgan fingerprint density at radius 3 is 2.21 bits per heavy atom. The first-order valence-corrected chi connectivity index (χ1v) is 10.1. The van der Waals surface area contributed by atoms with E-state index in [0.717, 1.165) is 22.4 Å². The molecular weight excluding hydrogens is 392 g/mol. The zero-order valence-corrected chi connectivity index (χ0v) is 17.9. The fourth-order valence-electron chi connectivity index (χ4n) is 2.95. The first-order valence-electron chi connectivity index (χ1n) is 9.60. The third-order valence-electron chi connectivity index (χ3n) is 4.88. The van der Waals surface area contributed by atoms with Crippen LogP contribution in [0.2, 0.25) is 0 Å². The molecule has 29 heavy (non-hydrogen) atoms. The summed E-state index contributed by atoms with van der Waals surface area (Å²) in [5, 5.41) is 19.2. The number of nitrogens with one attached hydrogen (secondary N) is 1. The second-order valence-electron chi connectivity index (χ2n) is 7.62. The molecule has 0 spiro atoms. The van der Waals surface area contributed by atoms with Crippen molar-refractivity contribution in [3.05, 3.63) is 59.2 Å². The van der Waals surface area contributed by atoms with Gasteiger partial charge in [0, 0.05) is 12.0 Å². The molecule has 6 nitrogen and oxygen atoms in total. The molecule has 0 aliphatic carbocycles. The van der Waals surface area contributed by atoms with Gasteiger partial charge in [0.2, 0.25) is 0 Å². The van der Waals surface area contributed by atoms with Crippen LogP contribution in [0.1, 0.15) is 30.5 Å². The van der Waals surface area contributed by atoms with Gasteiger partial charge in [-0.15, -0.1) is 11.6 Å². The summed E-state index contributed by atoms with van der Waals surface area (Å²) in [6.07, 6.45) is -1.34. The number of aliphatic hydroxyl groups excluding tert-OH is 2. The van der Waals surface area contributed by atoms with Gasteiger partial charge in [-0.1, -0.05) is 38.1 Å². The van der Waals surface area contributed by atoms with Gasteiger partial charge in [-0.05, 0) is 41.8 Å². The van der Waals surface area contributed by atoms with Gasteiger partial charge < -0.3 is 19.7 Å². The first kappa shape index (κ1) is 23.4. The molecule has 2 aromatic carbocycles. The molecule has 0 heterocycles. The van der Waals surface area contributed by atoms with E-state index in [1.807, 2.05) is 43.3 Å². The second-order valence-corrected chi connectivity index (χ2v) is 7.93. The predicted molar refractivity (Wildman–Crippen MR) is 116 cm³/mol. The molecule has 0 bridgehead atoms. The molecule has 0 saturated heterocycles. The smallest absolute Gasteiger partial charge is 0.122 e. The fourth-order valence-corrected chi connectivity index (χ4v) is 3.04. The summed E-state index contributed by atoms with van der Waals surface area (Å²) < 4.78 is 11.3. The number of aryl methyl sites for hydroxylation is 1. The molecular formula is C22H31ClN2O4. The average molecular weight is 423 g/mol. The number of benzene rings is 2. The van der Waals surface area contributed by atoms with E-state index in [4.69, 9.17) is 26.9 Å². The Morgan fingerprint density at radius 1 is 1.00 bits per heavy atom. The van der Waals surface area contributed by atoms with Crippen LogP contribution in [-0.2, 0) is 5.41 Å². The molecule has 5 N–H and O–H groups in total. The van der Waals surface area contributed by atoms with Crippen molar-refractivity contribution in [2.75, 3.05) is 25.6 Å². The summed E-state index contributed by atoms with van der Waals surface area (Å²) in [5.74, 6) is 6.77. The Hall–Kier alpha value is -1.83. The molecule has 7 heteroatoms. The highest BCUT2D eigenvalue weighted by atomic mass is 35.5. The highest BCUT2D eigenvalue weighted by Gasteiger charge is 2.24. The van der Waals surface area contributed by atoms with E-state index in [0.29, 0.717) is 5.75 Å². The van der Waals surface area contributed by atoms with Crippen molar-refractivity contribution in [1.82, 2.24) is 5.43 Å². The quantitative estimate of drug-likeness (QED) is 0.252. The Balaban J connectivity index is 2.08. The summed E-state index contributed by atoms with van der Waals surface area (Å²) in [6, 6.07) is 13.9. The number of hydrazine groups is 1. The minimum Gasteiger partial charge on any atom is -0.491 e. The fraction of sp³-hybridized carbons (Fsp3) is 0.455. The molecule has 2 atom stereocenters. The zero-order chi connectivity index (χ0) is 21.4. The molecule has 0 aromatic heterocycles. The Kier molecular flexibility index (Phi) is 8.74. The zero-order valence-electron chi connectivity index (χ0n) is 17.2. The number of aliphatic hydroxyl groups is 2. The third-order valence-corrected chi connectivity index (χ3v) is 5.23. The SMILES string of the molecule is Cc1cc(C(C)(C)c2ccc(OCC(O)CNN)cc2)ccc1OCC(O)CCl. The molecule has 2 unspecified atom stereocenters. The molecule has 2 rings (SSSR count). The van der Waals surface area contributed by atoms with Crippen molar-refractivity contribution in [1.29, 1.82) is 0 Å². The number of hydrogen-bond acceptors (Lipinski definition) is 6. The van der Waals surface area contributed by atoms with Crippen LogP contribution >= 0.6 is 11.6 Å². The van der Waals surface area contributed by atoms with Gasteiger partial charge >= 0.3 is 0 Å². The van der Waals surface area contributed by atoms with E-state index >= 15 is 0 Å². The third kappa shape index (κ3) is 6.59. The minimum atomic E-state index is -0.680. The lowest BCUT2D eigenvalue weighted by atomic mass is 9.77. The van der Waals surface area contributed by atoms with Gasteiger partial charge in [0.05, 0.1) is 5.88 Å². The number of nitrogens with two attached hydrogens (primary N) is 1. The highest BCUT2D eigenvalue weighted by Crippen LogP contribution is 2.34. The highest BCUT2D eigenvalue weighted by molar-refractivity contribution is 6.18. The predicted octanol–water partition coefficient (Wildman–Crippen LogP) is 2.50. The van der Waals surface area contributed by atoms with Gasteiger partial charge in [0.15, 0.2) is 0 Å². The van der Waals surface area contributed by atoms with Crippen molar-refractivity contribution >= 4 is 11.6 Å². The lowest BCUT2D eigenvalue weighted by molar-refractivity contribution is 0.106. The number of halogens is 1. The van der Waals surface area contributed by atoms with E-state index in [1.54, 1.807) is 0 Å². The van der Waals surface area contributed by atoms with Gasteiger partial charge in [-0.3, -0.25) is 11.3 Å². The normalized spacial score (nSPS) is 13.8. The Labute approximate surface area is 177 Å². The number of ether oxygens (including phenoxy) is 2. The summed E-state index contributed by atoms with van der Waals surface area (Å²) >= 11 is 5.61. The van der Waals surface area contributed by atoms with Crippen LogP contribution in [0, 0.1) is 6.92 Å². The molecule has 2 aromatic rings. The van der Waals surface area contributed by atoms with Gasteiger partial charge in [-0.25, -0.2) is 0 Å². The second kappa shape index (κ2) is 10.8. The summed E-state index contributed by atoms with van der Waals surface area (Å²) in [6.45, 7) is 6.92. The van der Waals surface area contributed by atoms with E-state index in [1.165, 1.54) is 0 Å². The molecule has 0 saturated carbocycles. The van der Waals surface area contributed by atoms with Crippen molar-refractivity contribution in [2.24, 2.45) is 5.84 Å². The minimum absolute atomic E-state index is 0.146. The largest absolute Gasteiger partial charge is 0.491 e. The topological polar surface area (TPSA) is 97.0 Å². The number of rotatable bonds is 11. The molecule has 0 fully saturated rings. The van der Waals surface area contributed by atoms with Crippen LogP contribution < -0.4 is 20.7 Å². The van der Waals surface area contributed by atoms with Crippen LogP contribution in [-0.4, -0.2) is 48.1 Å². The molecule has 0 aliphatic heterocycles. The lowest BCUT2D eigenvalue weighted by Crippen LogP contribution is -2.35. The molecule has 0 aliphatic rings. The number of alkyl halides is 1. The lowest BCUT2D eigenvalue weighted by Gasteiger charge is -2.27. The van der Waals surface area contributed by atoms with Gasteiger partial charge in [-0.2, -0.15) is 0 Å². The Bertz CT molecular complexity index is 768. The Morgan fingerprint density at radius 2 is 1.62 bits per heavy atom. The van der Waals surface area contributed by atoms with Crippen molar-refractivity contribution in [3.63, 3.8) is 0 Å². The van der Waals surface area contributed by atoms with Crippen LogP contribution in [0.4, 0.5) is 0 Å². The van der Waals surface area contributed by atoms with Crippen LogP contribution in [0.5, 0.6) is 11.5 Å². The van der Waals surface area contributed by atoms with Crippen LogP contribution in [0.3, 0.4) is 0 Å². The molecule has 0 amide bonds. The summed E-state index contributed by atoms with van der Waals surface area (Å²) in [7, 11) is 0. The number of hydrogen-bond donors (Lipinski definition) is 4. The molecule has 160 valence electrons. The monoisotopic (exact) mass is 422 g/mol. The van der Waals surface area contributed by atoms with E-state index in [-0.39, 0.29) is 31.1 Å². The van der Waals surface area contributed by atoms with Gasteiger partial charge in [0.25, 0.3) is 0 Å². The van der Waals surface area contributed by atoms with E-state index in [2.05, 4.69) is 25.3 Å². The van der Waals surface area contributed by atoms with E-state index < -0.39 is 12.2 Å². The summed E-state index contributed by atoms with van der Waals surface area (Å²) in [4.78, 5) is 0. The van der Waals surface area contributed by atoms with E-state index in [9.17, 15) is 10.2 Å². The van der Waals surface area contributed by atoms with Gasteiger partial charge in [0.1, 0.15) is 36.9 Å². The maximum atomic E-state index is 9.68. The first-order chi connectivity index (χ1) is 13.8.